The molecule has 2 aliphatic rings. The van der Waals surface area contributed by atoms with Gasteiger partial charge in [0.1, 0.15) is 5.75 Å². The number of rotatable bonds is 3. The quantitative estimate of drug-likeness (QED) is 0.774. The highest BCUT2D eigenvalue weighted by Crippen LogP contribution is 2.38. The number of nitrogens with zero attached hydrogens (tertiary/aromatic N) is 1. The van der Waals surface area contributed by atoms with Crippen LogP contribution in [0.25, 0.3) is 10.4 Å². The largest absolute Gasteiger partial charge is 0.573 e. The number of likely N-dealkylation sites (tertiary alicyclic amines) is 1. The van der Waals surface area contributed by atoms with E-state index in [0.29, 0.717) is 23.3 Å². The number of hydrogen-bond donors (Lipinski definition) is 1. The molecule has 1 aliphatic carbocycles. The summed E-state index contributed by atoms with van der Waals surface area (Å²) in [7, 11) is 0. The Morgan fingerprint density at radius 2 is 1.82 bits per heavy atom. The van der Waals surface area contributed by atoms with Crippen molar-refractivity contribution in [1.82, 2.24) is 4.90 Å². The van der Waals surface area contributed by atoms with E-state index in [9.17, 15) is 18.0 Å². The molecular weight excluding hydrogens is 413 g/mol. The van der Waals surface area contributed by atoms with Crippen LogP contribution in [0.5, 0.6) is 5.75 Å². The van der Waals surface area contributed by atoms with Gasteiger partial charge < -0.3 is 15.4 Å². The van der Waals surface area contributed by atoms with Crippen LogP contribution in [0.2, 0.25) is 0 Å². The van der Waals surface area contributed by atoms with Crippen molar-refractivity contribution >= 4 is 29.7 Å². The van der Waals surface area contributed by atoms with Crippen molar-refractivity contribution < 1.29 is 22.7 Å². The Labute approximate surface area is 170 Å². The maximum absolute atomic E-state index is 12.8. The highest BCUT2D eigenvalue weighted by Gasteiger charge is 2.42. The number of nitrogens with two attached hydrogens (primary N) is 1. The van der Waals surface area contributed by atoms with Gasteiger partial charge >= 0.3 is 6.36 Å². The summed E-state index contributed by atoms with van der Waals surface area (Å²) in [6, 6.07) is 9.43. The maximum atomic E-state index is 12.8. The molecule has 1 aliphatic heterocycles. The van der Waals surface area contributed by atoms with Crippen LogP contribution >= 0.6 is 23.7 Å². The second-order valence-corrected chi connectivity index (χ2v) is 8.20. The Balaban J connectivity index is 0.00000225. The molecule has 152 valence electrons. The lowest BCUT2D eigenvalue weighted by molar-refractivity contribution is -0.274. The van der Waals surface area contributed by atoms with Crippen LogP contribution < -0.4 is 10.5 Å². The van der Waals surface area contributed by atoms with Gasteiger partial charge in [-0.1, -0.05) is 0 Å². The molecular formula is C19H20ClF3N2O2S. The number of amides is 1. The maximum Gasteiger partial charge on any atom is 0.573 e. The highest BCUT2D eigenvalue weighted by molar-refractivity contribution is 7.17. The average molecular weight is 433 g/mol. The number of benzene rings is 1. The Kier molecular flexibility index (Phi) is 5.93. The Morgan fingerprint density at radius 1 is 1.11 bits per heavy atom. The van der Waals surface area contributed by atoms with Crippen molar-refractivity contribution in [3.05, 3.63) is 41.3 Å². The highest BCUT2D eigenvalue weighted by atomic mass is 35.5. The zero-order chi connectivity index (χ0) is 19.2. The van der Waals surface area contributed by atoms with Crippen LogP contribution in [0.1, 0.15) is 22.5 Å². The van der Waals surface area contributed by atoms with E-state index < -0.39 is 6.36 Å². The molecule has 4 nitrogen and oxygen atoms in total. The lowest BCUT2D eigenvalue weighted by Gasteiger charge is -2.17. The van der Waals surface area contributed by atoms with Gasteiger partial charge in [0.15, 0.2) is 0 Å². The number of carbonyl (C=O) groups is 1. The Hall–Kier alpha value is -1.77. The molecule has 3 atom stereocenters. The van der Waals surface area contributed by atoms with Gasteiger partial charge in [-0.05, 0) is 66.6 Å². The monoisotopic (exact) mass is 432 g/mol. The molecule has 1 saturated carbocycles. The van der Waals surface area contributed by atoms with E-state index in [1.54, 1.807) is 18.2 Å². The van der Waals surface area contributed by atoms with Crippen molar-refractivity contribution in [2.75, 3.05) is 13.1 Å². The number of halogens is 4. The first-order valence-electron chi connectivity index (χ1n) is 8.81. The molecule has 0 bridgehead atoms. The van der Waals surface area contributed by atoms with Crippen LogP contribution in [0, 0.1) is 11.8 Å². The zero-order valence-corrected chi connectivity index (χ0v) is 16.4. The molecule has 0 radical (unpaired) electrons. The number of carbonyl (C=O) groups excluding carboxylic acids is 1. The van der Waals surface area contributed by atoms with Crippen molar-refractivity contribution in [3.63, 3.8) is 0 Å². The van der Waals surface area contributed by atoms with Crippen LogP contribution in [-0.4, -0.2) is 36.3 Å². The normalized spacial score (nSPS) is 24.0. The third kappa shape index (κ3) is 4.29. The molecule has 0 spiro atoms. The first kappa shape index (κ1) is 21.0. The predicted octanol–water partition coefficient (Wildman–Crippen LogP) is 4.54. The van der Waals surface area contributed by atoms with Gasteiger partial charge in [-0.15, -0.1) is 36.9 Å². The van der Waals surface area contributed by atoms with Gasteiger partial charge in [-0.25, -0.2) is 0 Å². The van der Waals surface area contributed by atoms with Gasteiger partial charge in [-0.2, -0.15) is 0 Å². The van der Waals surface area contributed by atoms with Crippen LogP contribution in [0.3, 0.4) is 0 Å². The summed E-state index contributed by atoms with van der Waals surface area (Å²) in [6.07, 6.45) is -2.59. The van der Waals surface area contributed by atoms with E-state index >= 15 is 0 Å². The average Bonchev–Trinajstić information content (AvgIpc) is 3.31. The van der Waals surface area contributed by atoms with E-state index in [-0.39, 0.29) is 30.1 Å². The number of thiophene rings is 1. The van der Waals surface area contributed by atoms with E-state index in [1.807, 2.05) is 11.0 Å². The Morgan fingerprint density at radius 3 is 2.46 bits per heavy atom. The molecule has 1 aromatic carbocycles. The fraction of sp³-hybridized carbons (Fsp3) is 0.421. The fourth-order valence-corrected chi connectivity index (χ4v) is 5.04. The van der Waals surface area contributed by atoms with Crippen molar-refractivity contribution in [2.45, 2.75) is 25.2 Å². The minimum Gasteiger partial charge on any atom is -0.406 e. The third-order valence-corrected chi connectivity index (χ3v) is 6.51. The molecule has 1 saturated heterocycles. The lowest BCUT2D eigenvalue weighted by atomic mass is 9.98. The van der Waals surface area contributed by atoms with Crippen molar-refractivity contribution in [2.24, 2.45) is 17.6 Å². The summed E-state index contributed by atoms with van der Waals surface area (Å²) in [6.45, 7) is 1.47. The molecule has 28 heavy (non-hydrogen) atoms. The van der Waals surface area contributed by atoms with E-state index in [0.717, 1.165) is 29.8 Å². The Bertz CT molecular complexity index is 840. The van der Waals surface area contributed by atoms with Crippen LogP contribution in [-0.2, 0) is 0 Å². The molecule has 1 amide bonds. The number of fused-ring (bicyclic) bond motifs is 1. The molecule has 1 aromatic heterocycles. The van der Waals surface area contributed by atoms with E-state index in [2.05, 4.69) is 4.74 Å². The second kappa shape index (κ2) is 7.93. The molecule has 3 unspecified atom stereocenters. The molecule has 2 N–H and O–H groups in total. The summed E-state index contributed by atoms with van der Waals surface area (Å²) in [4.78, 5) is 16.1. The lowest BCUT2D eigenvalue weighted by Crippen LogP contribution is -2.33. The predicted molar refractivity (Wildman–Crippen MR) is 104 cm³/mol. The summed E-state index contributed by atoms with van der Waals surface area (Å²) < 4.78 is 40.6. The van der Waals surface area contributed by atoms with Gasteiger partial charge in [0.05, 0.1) is 4.88 Å². The fourth-order valence-electron chi connectivity index (χ4n) is 4.06. The van der Waals surface area contributed by atoms with Crippen molar-refractivity contribution in [3.8, 4) is 16.2 Å². The first-order chi connectivity index (χ1) is 12.8. The number of hydrogen-bond acceptors (Lipinski definition) is 4. The molecule has 2 heterocycles. The molecule has 9 heteroatoms. The topological polar surface area (TPSA) is 55.6 Å². The van der Waals surface area contributed by atoms with Gasteiger partial charge in [-0.3, -0.25) is 4.79 Å². The van der Waals surface area contributed by atoms with Gasteiger partial charge in [0, 0.05) is 24.0 Å². The minimum atomic E-state index is -4.71. The molecule has 4 rings (SSSR count). The minimum absolute atomic E-state index is 0. The van der Waals surface area contributed by atoms with Crippen LogP contribution in [0.15, 0.2) is 36.4 Å². The number of ether oxygens (including phenoxy) is 1. The summed E-state index contributed by atoms with van der Waals surface area (Å²) in [5, 5.41) is 0. The van der Waals surface area contributed by atoms with Crippen LogP contribution in [0.4, 0.5) is 13.2 Å². The summed E-state index contributed by atoms with van der Waals surface area (Å²) >= 11 is 1.34. The molecule has 2 fully saturated rings. The zero-order valence-electron chi connectivity index (χ0n) is 14.8. The van der Waals surface area contributed by atoms with E-state index in [4.69, 9.17) is 5.73 Å². The first-order valence-corrected chi connectivity index (χ1v) is 9.63. The smallest absolute Gasteiger partial charge is 0.406 e. The van der Waals surface area contributed by atoms with Crippen molar-refractivity contribution in [1.29, 1.82) is 0 Å². The second-order valence-electron chi connectivity index (χ2n) is 7.11. The third-order valence-electron chi connectivity index (χ3n) is 5.39. The molecule has 2 aromatic rings. The van der Waals surface area contributed by atoms with Gasteiger partial charge in [0.25, 0.3) is 5.91 Å². The SMILES string of the molecule is Cl.NC1CCC2CN(C(=O)c3ccc(-c4ccc(OC(F)(F)F)cc4)s3)CC12. The van der Waals surface area contributed by atoms with E-state index in [1.165, 1.54) is 23.5 Å². The summed E-state index contributed by atoms with van der Waals surface area (Å²) in [5.74, 6) is 0.642. The standard InChI is InChI=1S/C19H19F3N2O2S.ClH/c20-19(21,22)26-13-4-1-11(2-5-13)16-7-8-17(27-16)18(25)24-9-12-3-6-15(23)14(12)10-24;/h1-2,4-5,7-8,12,14-15H,3,6,9-10,23H2;1H. The number of alkyl halides is 3. The van der Waals surface area contributed by atoms with Gasteiger partial charge in [0.2, 0.25) is 0 Å². The summed E-state index contributed by atoms with van der Waals surface area (Å²) in [5.41, 5.74) is 6.88.